The highest BCUT2D eigenvalue weighted by molar-refractivity contribution is 4.90. The molecule has 1 aliphatic carbocycles. The summed E-state index contributed by atoms with van der Waals surface area (Å²) in [5.41, 5.74) is 0.553. The summed E-state index contributed by atoms with van der Waals surface area (Å²) in [6.07, 6.45) is 5.69. The Morgan fingerprint density at radius 3 is 2.28 bits per heavy atom. The topological polar surface area (TPSA) is 18.5 Å². The molecule has 0 spiro atoms. The van der Waals surface area contributed by atoms with Crippen molar-refractivity contribution in [2.24, 2.45) is 11.3 Å². The van der Waals surface area contributed by atoms with Crippen molar-refractivity contribution in [2.75, 3.05) is 53.4 Å². The van der Waals surface area contributed by atoms with Gasteiger partial charge in [0.2, 0.25) is 0 Å². The number of nitrogens with one attached hydrogen (secondary N) is 1. The van der Waals surface area contributed by atoms with Gasteiger partial charge >= 0.3 is 0 Å². The number of nitrogens with zero attached hydrogens (tertiary/aromatic N) is 2. The highest BCUT2D eigenvalue weighted by Gasteiger charge is 2.35. The second-order valence-electron chi connectivity index (χ2n) is 6.79. The molecule has 2 aliphatic rings. The van der Waals surface area contributed by atoms with Crippen LogP contribution in [0.5, 0.6) is 0 Å². The summed E-state index contributed by atoms with van der Waals surface area (Å²) < 4.78 is 0. The molecule has 18 heavy (non-hydrogen) atoms. The molecule has 1 N–H and O–H groups in total. The molecule has 2 rings (SSSR count). The monoisotopic (exact) mass is 253 g/mol. The van der Waals surface area contributed by atoms with Gasteiger partial charge in [-0.15, -0.1) is 0 Å². The summed E-state index contributed by atoms with van der Waals surface area (Å²) in [6.45, 7) is 9.94. The number of hydrogen-bond acceptors (Lipinski definition) is 3. The molecule has 1 saturated heterocycles. The van der Waals surface area contributed by atoms with Gasteiger partial charge in [0.25, 0.3) is 0 Å². The minimum atomic E-state index is 0.553. The lowest BCUT2D eigenvalue weighted by molar-refractivity contribution is 0.0607. The first-order chi connectivity index (χ1) is 8.63. The zero-order valence-corrected chi connectivity index (χ0v) is 12.5. The van der Waals surface area contributed by atoms with Crippen molar-refractivity contribution in [1.82, 2.24) is 15.1 Å². The van der Waals surface area contributed by atoms with Crippen LogP contribution in [0.2, 0.25) is 0 Å². The lowest BCUT2D eigenvalue weighted by Crippen LogP contribution is -2.51. The maximum absolute atomic E-state index is 3.45. The van der Waals surface area contributed by atoms with Gasteiger partial charge in [0, 0.05) is 39.3 Å². The molecule has 0 bridgehead atoms. The first-order valence-corrected chi connectivity index (χ1v) is 7.69. The van der Waals surface area contributed by atoms with Crippen LogP contribution >= 0.6 is 0 Å². The normalized spacial score (nSPS) is 35.8. The summed E-state index contributed by atoms with van der Waals surface area (Å²) in [4.78, 5) is 5.15. The van der Waals surface area contributed by atoms with Gasteiger partial charge in [-0.2, -0.15) is 0 Å². The first-order valence-electron chi connectivity index (χ1n) is 7.69. The Morgan fingerprint density at radius 1 is 1.11 bits per heavy atom. The van der Waals surface area contributed by atoms with E-state index in [2.05, 4.69) is 36.1 Å². The molecule has 0 aromatic carbocycles. The molecule has 0 atom stereocenters. The molecule has 106 valence electrons. The number of likely N-dealkylation sites (N-methyl/N-ethyl adjacent to an activating group) is 1. The standard InChI is InChI=1S/C15H31N3/c1-14-4-6-15(7-5-14,12-16-2)13-18-10-8-17(3)9-11-18/h14,16H,4-13H2,1-3H3. The second-order valence-corrected chi connectivity index (χ2v) is 6.79. The smallest absolute Gasteiger partial charge is 0.0110 e. The van der Waals surface area contributed by atoms with Crippen LogP contribution in [-0.4, -0.2) is 63.2 Å². The predicted molar refractivity (Wildman–Crippen MR) is 77.9 cm³/mol. The summed E-state index contributed by atoms with van der Waals surface area (Å²) in [6, 6.07) is 0. The maximum atomic E-state index is 3.45. The fraction of sp³-hybridized carbons (Fsp3) is 1.00. The fourth-order valence-electron chi connectivity index (χ4n) is 3.62. The Kier molecular flexibility index (Phi) is 5.05. The van der Waals surface area contributed by atoms with Crippen molar-refractivity contribution in [3.63, 3.8) is 0 Å². The Bertz CT molecular complexity index is 238. The molecule has 2 fully saturated rings. The van der Waals surface area contributed by atoms with Crippen LogP contribution in [0.3, 0.4) is 0 Å². The Balaban J connectivity index is 1.89. The average Bonchev–Trinajstić information content (AvgIpc) is 2.37. The molecule has 3 nitrogen and oxygen atoms in total. The molecule has 0 aromatic heterocycles. The summed E-state index contributed by atoms with van der Waals surface area (Å²) >= 11 is 0. The zero-order chi connectivity index (χ0) is 13.0. The lowest BCUT2D eigenvalue weighted by atomic mass is 9.70. The predicted octanol–water partition coefficient (Wildman–Crippen LogP) is 1.65. The van der Waals surface area contributed by atoms with Crippen molar-refractivity contribution >= 4 is 0 Å². The fourth-order valence-corrected chi connectivity index (χ4v) is 3.62. The van der Waals surface area contributed by atoms with Gasteiger partial charge in [-0.05, 0) is 38.3 Å². The van der Waals surface area contributed by atoms with Crippen LogP contribution in [0.15, 0.2) is 0 Å². The van der Waals surface area contributed by atoms with Crippen LogP contribution in [0.1, 0.15) is 32.6 Å². The molecular formula is C15H31N3. The van der Waals surface area contributed by atoms with Crippen LogP contribution < -0.4 is 5.32 Å². The highest BCUT2D eigenvalue weighted by Crippen LogP contribution is 2.39. The van der Waals surface area contributed by atoms with E-state index in [0.29, 0.717) is 5.41 Å². The van der Waals surface area contributed by atoms with Crippen molar-refractivity contribution in [2.45, 2.75) is 32.6 Å². The number of piperazine rings is 1. The SMILES string of the molecule is CNCC1(CN2CCN(C)CC2)CCC(C)CC1. The van der Waals surface area contributed by atoms with Crippen molar-refractivity contribution < 1.29 is 0 Å². The van der Waals surface area contributed by atoms with E-state index in [1.54, 1.807) is 0 Å². The summed E-state index contributed by atoms with van der Waals surface area (Å²) in [5, 5.41) is 3.45. The Labute approximate surface area is 113 Å². The molecule has 0 radical (unpaired) electrons. The largest absolute Gasteiger partial charge is 0.319 e. The molecule has 1 heterocycles. The third-order valence-corrected chi connectivity index (χ3v) is 5.04. The van der Waals surface area contributed by atoms with Crippen LogP contribution in [0, 0.1) is 11.3 Å². The van der Waals surface area contributed by atoms with Gasteiger partial charge < -0.3 is 15.1 Å². The molecular weight excluding hydrogens is 222 g/mol. The van der Waals surface area contributed by atoms with E-state index < -0.39 is 0 Å². The van der Waals surface area contributed by atoms with E-state index in [0.717, 1.165) is 5.92 Å². The van der Waals surface area contributed by atoms with Crippen molar-refractivity contribution in [3.05, 3.63) is 0 Å². The van der Waals surface area contributed by atoms with Crippen molar-refractivity contribution in [1.29, 1.82) is 0 Å². The number of rotatable bonds is 4. The maximum Gasteiger partial charge on any atom is 0.0110 e. The minimum Gasteiger partial charge on any atom is -0.319 e. The molecule has 1 saturated carbocycles. The van der Waals surface area contributed by atoms with E-state index >= 15 is 0 Å². The summed E-state index contributed by atoms with van der Waals surface area (Å²) in [5.74, 6) is 0.947. The van der Waals surface area contributed by atoms with Crippen LogP contribution in [0.4, 0.5) is 0 Å². The summed E-state index contributed by atoms with van der Waals surface area (Å²) in [7, 11) is 4.35. The van der Waals surface area contributed by atoms with Gasteiger partial charge in [0.1, 0.15) is 0 Å². The molecule has 3 heteroatoms. The van der Waals surface area contributed by atoms with Crippen LogP contribution in [0.25, 0.3) is 0 Å². The third kappa shape index (κ3) is 3.69. The van der Waals surface area contributed by atoms with Gasteiger partial charge in [0.15, 0.2) is 0 Å². The highest BCUT2D eigenvalue weighted by atomic mass is 15.2. The van der Waals surface area contributed by atoms with Gasteiger partial charge in [0.05, 0.1) is 0 Å². The van der Waals surface area contributed by atoms with E-state index in [1.807, 2.05) is 0 Å². The van der Waals surface area contributed by atoms with E-state index in [4.69, 9.17) is 0 Å². The Morgan fingerprint density at radius 2 is 1.72 bits per heavy atom. The van der Waals surface area contributed by atoms with Crippen molar-refractivity contribution in [3.8, 4) is 0 Å². The average molecular weight is 253 g/mol. The molecule has 0 unspecified atom stereocenters. The number of hydrogen-bond donors (Lipinski definition) is 1. The van der Waals surface area contributed by atoms with Gasteiger partial charge in [-0.1, -0.05) is 19.8 Å². The van der Waals surface area contributed by atoms with E-state index in [1.165, 1.54) is 65.0 Å². The quantitative estimate of drug-likeness (QED) is 0.822. The second kappa shape index (κ2) is 6.36. The van der Waals surface area contributed by atoms with Crippen LogP contribution in [-0.2, 0) is 0 Å². The minimum absolute atomic E-state index is 0.553. The van der Waals surface area contributed by atoms with E-state index in [9.17, 15) is 0 Å². The third-order valence-electron chi connectivity index (χ3n) is 5.04. The molecule has 1 aliphatic heterocycles. The van der Waals surface area contributed by atoms with Gasteiger partial charge in [-0.3, -0.25) is 0 Å². The van der Waals surface area contributed by atoms with Gasteiger partial charge in [-0.25, -0.2) is 0 Å². The first kappa shape index (κ1) is 14.3. The molecule has 0 aromatic rings. The Hall–Kier alpha value is -0.120. The lowest BCUT2D eigenvalue weighted by Gasteiger charge is -2.44. The molecule has 0 amide bonds. The van der Waals surface area contributed by atoms with E-state index in [-0.39, 0.29) is 0 Å². The zero-order valence-electron chi connectivity index (χ0n) is 12.5.